The number of carbonyl (C=O) groups is 1. The van der Waals surface area contributed by atoms with E-state index in [1.54, 1.807) is 7.11 Å². The van der Waals surface area contributed by atoms with Crippen molar-refractivity contribution < 1.29 is 9.53 Å². The van der Waals surface area contributed by atoms with Crippen molar-refractivity contribution in [1.29, 1.82) is 0 Å². The topological polar surface area (TPSA) is 46.5 Å². The first-order valence-corrected chi connectivity index (χ1v) is 12.1. The van der Waals surface area contributed by atoms with Crippen LogP contribution in [0.5, 0.6) is 5.75 Å². The first kappa shape index (κ1) is 22.8. The Kier molecular flexibility index (Phi) is 6.32. The second kappa shape index (κ2) is 9.71. The van der Waals surface area contributed by atoms with Crippen molar-refractivity contribution in [2.45, 2.75) is 38.9 Å². The Morgan fingerprint density at radius 1 is 1.00 bits per heavy atom. The van der Waals surface area contributed by atoms with E-state index < -0.39 is 0 Å². The number of ether oxygens (including phenoxy) is 1. The van der Waals surface area contributed by atoms with Crippen LogP contribution in [0.4, 0.5) is 4.79 Å². The van der Waals surface area contributed by atoms with E-state index in [-0.39, 0.29) is 12.1 Å². The van der Waals surface area contributed by atoms with Crippen molar-refractivity contribution in [2.75, 3.05) is 7.11 Å². The number of nitrogens with one attached hydrogen (secondary N) is 1. The van der Waals surface area contributed by atoms with Crippen LogP contribution in [0.25, 0.3) is 5.69 Å². The molecule has 0 bridgehead atoms. The number of hydrogen-bond acceptors (Lipinski definition) is 2. The number of urea groups is 1. The van der Waals surface area contributed by atoms with Crippen LogP contribution in [0, 0.1) is 0 Å². The van der Waals surface area contributed by atoms with Gasteiger partial charge in [-0.1, -0.05) is 68.4 Å². The summed E-state index contributed by atoms with van der Waals surface area (Å²) in [5.74, 6) is 1.23. The van der Waals surface area contributed by atoms with Gasteiger partial charge in [0.1, 0.15) is 5.75 Å². The summed E-state index contributed by atoms with van der Waals surface area (Å²) in [7, 11) is 1.65. The molecular weight excluding hydrogens is 434 g/mol. The second-order valence-electron chi connectivity index (χ2n) is 9.29. The highest BCUT2D eigenvalue weighted by atomic mass is 16.5. The number of nitrogens with zero attached hydrogens (tertiary/aromatic N) is 2. The van der Waals surface area contributed by atoms with Gasteiger partial charge in [-0.15, -0.1) is 0 Å². The molecule has 1 unspecified atom stereocenters. The lowest BCUT2D eigenvalue weighted by Gasteiger charge is -2.31. The molecule has 0 aliphatic carbocycles. The number of rotatable bonds is 5. The van der Waals surface area contributed by atoms with Gasteiger partial charge in [0.25, 0.3) is 0 Å². The molecule has 1 N–H and O–H groups in total. The molecule has 178 valence electrons. The van der Waals surface area contributed by atoms with Gasteiger partial charge in [-0.2, -0.15) is 0 Å². The molecule has 1 aliphatic heterocycles. The highest BCUT2D eigenvalue weighted by Crippen LogP contribution is 2.37. The van der Waals surface area contributed by atoms with E-state index in [1.165, 1.54) is 5.56 Å². The van der Waals surface area contributed by atoms with Crippen LogP contribution in [-0.4, -0.2) is 22.6 Å². The van der Waals surface area contributed by atoms with E-state index in [0.29, 0.717) is 19.0 Å². The lowest BCUT2D eigenvalue weighted by Crippen LogP contribution is -2.41. The third-order valence-corrected chi connectivity index (χ3v) is 6.72. The Morgan fingerprint density at radius 3 is 2.57 bits per heavy atom. The summed E-state index contributed by atoms with van der Waals surface area (Å²) in [6.07, 6.45) is 2.08. The Morgan fingerprint density at radius 2 is 1.80 bits per heavy atom. The molecule has 5 rings (SSSR count). The largest absolute Gasteiger partial charge is 0.497 e. The molecule has 2 amide bonds. The van der Waals surface area contributed by atoms with E-state index in [2.05, 4.69) is 78.5 Å². The Hall–Kier alpha value is -3.99. The predicted molar refractivity (Wildman–Crippen MR) is 139 cm³/mol. The maximum absolute atomic E-state index is 13.8. The van der Waals surface area contributed by atoms with Crippen LogP contribution >= 0.6 is 0 Å². The van der Waals surface area contributed by atoms with Crippen molar-refractivity contribution >= 4 is 6.03 Å². The van der Waals surface area contributed by atoms with Gasteiger partial charge in [-0.05, 0) is 58.5 Å². The molecule has 0 fully saturated rings. The Bertz CT molecular complexity index is 1320. The first-order valence-electron chi connectivity index (χ1n) is 12.1. The fraction of sp³-hybridized carbons (Fsp3) is 0.233. The Labute approximate surface area is 207 Å². The monoisotopic (exact) mass is 465 g/mol. The van der Waals surface area contributed by atoms with Gasteiger partial charge >= 0.3 is 6.03 Å². The number of amides is 2. The van der Waals surface area contributed by atoms with Crippen LogP contribution in [0.1, 0.15) is 53.8 Å². The van der Waals surface area contributed by atoms with E-state index >= 15 is 0 Å². The van der Waals surface area contributed by atoms with Gasteiger partial charge < -0.3 is 19.5 Å². The fourth-order valence-corrected chi connectivity index (χ4v) is 4.81. The number of para-hydroxylation sites is 1. The molecule has 35 heavy (non-hydrogen) atoms. The average Bonchev–Trinajstić information content (AvgIpc) is 3.31. The summed E-state index contributed by atoms with van der Waals surface area (Å²) in [6, 6.07) is 28.6. The maximum Gasteiger partial charge on any atom is 0.318 e. The van der Waals surface area contributed by atoms with Crippen LogP contribution in [-0.2, 0) is 13.1 Å². The van der Waals surface area contributed by atoms with Gasteiger partial charge in [0.05, 0.1) is 25.4 Å². The normalized spacial score (nSPS) is 14.7. The van der Waals surface area contributed by atoms with Crippen LogP contribution < -0.4 is 10.1 Å². The fourth-order valence-electron chi connectivity index (χ4n) is 4.81. The second-order valence-corrected chi connectivity index (χ2v) is 9.29. The van der Waals surface area contributed by atoms with Gasteiger partial charge in [0, 0.05) is 18.4 Å². The molecule has 4 aromatic rings. The quantitative estimate of drug-likeness (QED) is 0.369. The number of hydrogen-bond donors (Lipinski definition) is 1. The van der Waals surface area contributed by atoms with Crippen molar-refractivity contribution in [2.24, 2.45) is 0 Å². The van der Waals surface area contributed by atoms with Crippen molar-refractivity contribution in [3.05, 3.63) is 119 Å². The van der Waals surface area contributed by atoms with E-state index in [0.717, 1.165) is 33.8 Å². The lowest BCUT2D eigenvalue weighted by atomic mass is 9.97. The third-order valence-electron chi connectivity index (χ3n) is 6.72. The molecule has 0 radical (unpaired) electrons. The number of carbonyl (C=O) groups excluding carboxylic acids is 1. The smallest absolute Gasteiger partial charge is 0.318 e. The summed E-state index contributed by atoms with van der Waals surface area (Å²) in [5.41, 5.74) is 6.67. The summed E-state index contributed by atoms with van der Waals surface area (Å²) >= 11 is 0. The molecule has 1 aromatic heterocycles. The summed E-state index contributed by atoms with van der Waals surface area (Å²) in [5, 5.41) is 3.15. The van der Waals surface area contributed by atoms with Gasteiger partial charge in [-0.25, -0.2) is 4.79 Å². The van der Waals surface area contributed by atoms with Gasteiger partial charge in [-0.3, -0.25) is 0 Å². The molecule has 1 atom stereocenters. The molecular formula is C30H31N3O2. The van der Waals surface area contributed by atoms with Gasteiger partial charge in [0.2, 0.25) is 0 Å². The molecule has 0 saturated carbocycles. The van der Waals surface area contributed by atoms with Crippen LogP contribution in [0.15, 0.2) is 91.1 Å². The minimum Gasteiger partial charge on any atom is -0.497 e. The summed E-state index contributed by atoms with van der Waals surface area (Å²) in [6.45, 7) is 5.33. The molecule has 1 aliphatic rings. The SMILES string of the molecule is COc1cccc(CNC(=O)N2Cc3ccccc3-n3cccc3C2c2ccc(C(C)C)cc2)c1. The highest BCUT2D eigenvalue weighted by molar-refractivity contribution is 5.76. The molecule has 0 spiro atoms. The Balaban J connectivity index is 1.53. The molecule has 0 saturated heterocycles. The number of benzene rings is 3. The maximum atomic E-state index is 13.8. The molecule has 5 nitrogen and oxygen atoms in total. The van der Waals surface area contributed by atoms with E-state index in [9.17, 15) is 4.79 Å². The van der Waals surface area contributed by atoms with Crippen molar-refractivity contribution in [1.82, 2.24) is 14.8 Å². The number of fused-ring (bicyclic) bond motifs is 3. The summed E-state index contributed by atoms with van der Waals surface area (Å²) in [4.78, 5) is 15.7. The molecule has 2 heterocycles. The minimum atomic E-state index is -0.219. The minimum absolute atomic E-state index is 0.102. The van der Waals surface area contributed by atoms with Gasteiger partial charge in [0.15, 0.2) is 0 Å². The number of methoxy groups -OCH3 is 1. The van der Waals surface area contributed by atoms with Crippen LogP contribution in [0.3, 0.4) is 0 Å². The zero-order valence-electron chi connectivity index (χ0n) is 20.4. The van der Waals surface area contributed by atoms with Crippen molar-refractivity contribution in [3.8, 4) is 11.4 Å². The first-order chi connectivity index (χ1) is 17.0. The lowest BCUT2D eigenvalue weighted by molar-refractivity contribution is 0.180. The van der Waals surface area contributed by atoms with Crippen molar-refractivity contribution in [3.63, 3.8) is 0 Å². The average molecular weight is 466 g/mol. The molecule has 3 aromatic carbocycles. The standard InChI is InChI=1S/C30H31N3O2/c1-21(2)23-13-15-24(16-14-23)29-28-12-7-17-32(28)27-11-5-4-9-25(27)20-33(29)30(34)31-19-22-8-6-10-26(18-22)35-3/h4-18,21,29H,19-20H2,1-3H3,(H,31,34). The zero-order chi connectivity index (χ0) is 24.4. The molecule has 5 heteroatoms. The third kappa shape index (κ3) is 4.54. The number of aromatic nitrogens is 1. The zero-order valence-corrected chi connectivity index (χ0v) is 20.4. The summed E-state index contributed by atoms with van der Waals surface area (Å²) < 4.78 is 7.55. The predicted octanol–water partition coefficient (Wildman–Crippen LogP) is 6.42. The van der Waals surface area contributed by atoms with E-state index in [4.69, 9.17) is 4.74 Å². The van der Waals surface area contributed by atoms with E-state index in [1.807, 2.05) is 41.3 Å². The highest BCUT2D eigenvalue weighted by Gasteiger charge is 2.32. The van der Waals surface area contributed by atoms with Crippen LogP contribution in [0.2, 0.25) is 0 Å².